The van der Waals surface area contributed by atoms with Gasteiger partial charge in [0.1, 0.15) is 28.7 Å². The number of allylic oxidation sites excluding steroid dienone is 7. The first kappa shape index (κ1) is 107. The standard InChI is InChI=1S/C15H16N2OS.C14H13NO2S.C13H10F3N3OS.C13H9F3N2OS2.C13H12N2OS2.C12H9FN2O2S2.C11H8FN3OS2/c1-10-4-6-13(7-5-10)14(18)8-9-19-15-16-11(2)12(3)17-15;1-10-3-5-12(6-4-10)13(16)7-8-18-14-15-11(2)9-17-14;1-19-12(11(15)16)17-18-13(19)21-7-6-10(20)8-2-4-9(14)5-3-8;1-8-2-4-9(5-3-8)10(19)6-7-20-12-18-17-11(21-12)13(14,15)16;1-9-3-5-11(6-4-9)12(16)7-8-17-13-15-14-10(2)18-13;1-17-11-14-15-12(19-11)18-7-6-10(16)8-2-4-9(13)5-3-8;12-8-3-1-7(2-4-8)9(16)5-6-17-11-15-14-10(13)18-11/h4-9H,1-3H3,(H,16,17);3-9H,1-2H3;2-7,11H,1H3;2-7H,1H3;3-8H,1-2H3;2-7H,1H3;1-6H,(H2,13,14)/b9-8+;8-7+;2*7-6+;8-7+;7-6+;6-5+. The number of methoxy groups -OCH3 is 1. The first-order valence-electron chi connectivity index (χ1n) is 38.5. The van der Waals surface area contributed by atoms with Crippen molar-refractivity contribution in [2.75, 3.05) is 12.8 Å². The zero-order chi connectivity index (χ0) is 97.2. The number of rotatable bonds is 30. The highest BCUT2D eigenvalue weighted by Crippen LogP contribution is 2.36. The van der Waals surface area contributed by atoms with Crippen LogP contribution in [0.25, 0.3) is 0 Å². The number of thioether (sulfide) groups is 7. The van der Waals surface area contributed by atoms with Gasteiger partial charge in [0.2, 0.25) is 16.0 Å². The minimum absolute atomic E-state index is 0.00346. The summed E-state index contributed by atoms with van der Waals surface area (Å²) in [5.41, 5.74) is 16.6. The molecule has 7 aromatic carbocycles. The summed E-state index contributed by atoms with van der Waals surface area (Å²) >= 11 is 13.1. The third-order valence-corrected chi connectivity index (χ3v) is 25.6. The van der Waals surface area contributed by atoms with Crippen molar-refractivity contribution >= 4 is 173 Å². The molecule has 14 aromatic rings. The van der Waals surface area contributed by atoms with Crippen molar-refractivity contribution in [3.63, 3.8) is 0 Å². The van der Waals surface area contributed by atoms with Gasteiger partial charge in [0.25, 0.3) is 16.8 Å². The van der Waals surface area contributed by atoms with E-state index in [1.54, 1.807) is 57.6 Å². The van der Waals surface area contributed by atoms with E-state index in [2.05, 4.69) is 65.9 Å². The Morgan fingerprint density at radius 1 is 0.410 bits per heavy atom. The van der Waals surface area contributed by atoms with E-state index in [1.165, 1.54) is 221 Å². The van der Waals surface area contributed by atoms with Crippen LogP contribution >= 0.6 is 128 Å². The van der Waals surface area contributed by atoms with E-state index in [0.717, 1.165) is 81.9 Å². The number of carbonyl (C=O) groups excluding carboxylic acids is 7. The molecule has 0 saturated carbocycles. The third kappa shape index (κ3) is 38.4. The molecule has 0 fully saturated rings. The Morgan fingerprint density at radius 3 is 1.05 bits per heavy atom. The highest BCUT2D eigenvalue weighted by molar-refractivity contribution is 8.04. The number of hydrogen-bond donors (Lipinski definition) is 2. The molecule has 14 rings (SSSR count). The molecule has 0 radical (unpaired) electrons. The number of aromatic amines is 1. The summed E-state index contributed by atoms with van der Waals surface area (Å²) in [6.45, 7) is 15.6. The van der Waals surface area contributed by atoms with Gasteiger partial charge in [0.05, 0.1) is 18.5 Å². The van der Waals surface area contributed by atoms with Gasteiger partial charge in [-0.15, -0.1) is 45.9 Å². The largest absolute Gasteiger partial charge is 0.472 e. The third-order valence-electron chi connectivity index (χ3n) is 16.4. The zero-order valence-electron chi connectivity index (χ0n) is 72.0. The molecule has 0 aliphatic carbocycles. The van der Waals surface area contributed by atoms with Crippen molar-refractivity contribution in [3.8, 4) is 5.19 Å². The van der Waals surface area contributed by atoms with Crippen LogP contribution < -0.4 is 10.5 Å². The number of oxazole rings is 1. The molecule has 0 spiro atoms. The van der Waals surface area contributed by atoms with E-state index < -0.39 is 29.3 Å². The van der Waals surface area contributed by atoms with Crippen LogP contribution in [0.2, 0.25) is 0 Å². The number of ether oxygens (including phenoxy) is 1. The molecule has 0 aliphatic heterocycles. The van der Waals surface area contributed by atoms with Crippen LogP contribution in [0.1, 0.15) is 134 Å². The monoisotopic (exact) mass is 2030 g/mol. The molecule has 0 bridgehead atoms. The van der Waals surface area contributed by atoms with Gasteiger partial charge in [-0.25, -0.2) is 31.9 Å². The first-order chi connectivity index (χ1) is 64.0. The van der Waals surface area contributed by atoms with Crippen LogP contribution in [0.4, 0.5) is 40.3 Å². The Labute approximate surface area is 809 Å². The Hall–Kier alpha value is -12.3. The van der Waals surface area contributed by atoms with Crippen molar-refractivity contribution in [2.45, 2.75) is 101 Å². The molecular formula is C91H77F8N15O9S11. The Balaban J connectivity index is 0.000000192. The lowest BCUT2D eigenvalue weighted by Crippen LogP contribution is -2.03. The number of H-pyrrole nitrogens is 1. The summed E-state index contributed by atoms with van der Waals surface area (Å²) in [4.78, 5) is 94.1. The number of hydrogen-bond acceptors (Lipinski definition) is 33. The maximum atomic E-state index is 12.7. The molecule has 0 atom stereocenters. The number of nitrogens with one attached hydrogen (secondary N) is 1. The SMILES string of the molecule is COc1nnc(S/C=C/C(=O)c2ccc(F)cc2)s1.Cc1ccc(C(=O)/C=C/Sc2nc(C)c(C)[nH]2)cc1.Cc1ccc(C(=O)/C=C/Sc2nc(C)co2)cc1.Cc1ccc(C(=O)/C=C/Sc2nnc(C(F)(F)F)s2)cc1.Cc1ccc(C(=O)/C=C/Sc2nnc(C)s2)cc1.Cn1c(S/C=C/C(=O)c2ccc(F)cc2)nnc1C(F)F.Nc1nnc(S/C=C/C(=O)c2ccc(F)cc2)s1. The molecule has 43 heteroatoms. The van der Waals surface area contributed by atoms with E-state index >= 15 is 0 Å². The molecule has 7 aromatic heterocycles. The number of anilines is 1. The minimum Gasteiger partial charge on any atom is -0.472 e. The van der Waals surface area contributed by atoms with Crippen molar-refractivity contribution in [1.29, 1.82) is 0 Å². The van der Waals surface area contributed by atoms with Crippen LogP contribution in [0, 0.1) is 72.8 Å². The predicted molar refractivity (Wildman–Crippen MR) is 515 cm³/mol. The molecule has 0 saturated heterocycles. The molecule has 24 nitrogen and oxygen atoms in total. The molecule has 0 amide bonds. The first-order valence-corrected chi connectivity index (χ1v) is 47.9. The van der Waals surface area contributed by atoms with Crippen LogP contribution in [0.5, 0.6) is 5.19 Å². The number of benzene rings is 7. The number of imidazole rings is 1. The van der Waals surface area contributed by atoms with Crippen LogP contribution in [0.3, 0.4) is 0 Å². The molecule has 3 N–H and O–H groups in total. The van der Waals surface area contributed by atoms with Gasteiger partial charge in [-0.3, -0.25) is 33.6 Å². The fourth-order valence-corrected chi connectivity index (χ4v) is 17.0. The van der Waals surface area contributed by atoms with E-state index in [-0.39, 0.29) is 61.6 Å². The van der Waals surface area contributed by atoms with Gasteiger partial charge in [-0.2, -0.15) is 13.2 Å². The predicted octanol–water partition coefficient (Wildman–Crippen LogP) is 24.9. The smallest absolute Gasteiger partial charge is 0.445 e. The maximum Gasteiger partial charge on any atom is 0.445 e. The maximum absolute atomic E-state index is 12.7. The van der Waals surface area contributed by atoms with Gasteiger partial charge in [-0.1, -0.05) is 229 Å². The lowest BCUT2D eigenvalue weighted by molar-refractivity contribution is -0.138. The fraction of sp³-hybridized carbons (Fsp3) is 0.132. The van der Waals surface area contributed by atoms with Crippen LogP contribution in [-0.4, -0.2) is 118 Å². The van der Waals surface area contributed by atoms with E-state index in [9.17, 15) is 68.7 Å². The number of nitrogen functional groups attached to an aromatic ring is 1. The summed E-state index contributed by atoms with van der Waals surface area (Å²) in [6, 6.07) is 45.5. The van der Waals surface area contributed by atoms with Gasteiger partial charge < -0.3 is 24.4 Å². The van der Waals surface area contributed by atoms with Crippen LogP contribution in [0.15, 0.2) is 294 Å². The number of alkyl halides is 5. The normalized spacial score (nSPS) is 11.2. The van der Waals surface area contributed by atoms with Gasteiger partial charge in [-0.05, 0) is 232 Å². The zero-order valence-corrected chi connectivity index (χ0v) is 81.0. The summed E-state index contributed by atoms with van der Waals surface area (Å²) in [7, 11) is 2.93. The average molecular weight is 2030 g/mol. The Kier molecular flexibility index (Phi) is 44.2. The number of aromatic nitrogens is 14. The highest BCUT2D eigenvalue weighted by atomic mass is 32.2. The second-order valence-corrected chi connectivity index (χ2v) is 37.9. The average Bonchev–Trinajstić information content (AvgIpc) is 1.72. The Morgan fingerprint density at radius 2 is 0.746 bits per heavy atom. The topological polar surface area (TPSA) is 343 Å². The number of carbonyl (C=O) groups is 7. The number of ketones is 7. The van der Waals surface area contributed by atoms with Gasteiger partial charge in [0.15, 0.2) is 68.2 Å². The number of nitrogens with zero attached hydrogens (tertiary/aromatic N) is 13. The highest BCUT2D eigenvalue weighted by Gasteiger charge is 2.35. The summed E-state index contributed by atoms with van der Waals surface area (Å²) in [5.74, 6) is -2.53. The minimum atomic E-state index is -4.49. The summed E-state index contributed by atoms with van der Waals surface area (Å²) in [5, 5.41) is 50.0. The second kappa shape index (κ2) is 55.4. The molecule has 0 unspecified atom stereocenters. The van der Waals surface area contributed by atoms with Crippen molar-refractivity contribution in [3.05, 3.63) is 368 Å². The van der Waals surface area contributed by atoms with Crippen LogP contribution in [-0.2, 0) is 13.2 Å². The lowest BCUT2D eigenvalue weighted by atomic mass is 10.1. The van der Waals surface area contributed by atoms with Gasteiger partial charge in [0, 0.05) is 51.7 Å². The molecule has 134 heavy (non-hydrogen) atoms. The quantitative estimate of drug-likeness (QED) is 0.0183. The summed E-state index contributed by atoms with van der Waals surface area (Å²) < 4.78 is 114. The van der Waals surface area contributed by atoms with Crippen molar-refractivity contribution in [2.24, 2.45) is 7.05 Å². The van der Waals surface area contributed by atoms with Crippen molar-refractivity contribution < 1.29 is 77.8 Å². The number of nitrogens with two attached hydrogens (primary N) is 1. The van der Waals surface area contributed by atoms with E-state index in [4.69, 9.17) is 14.9 Å². The molecule has 0 aliphatic rings. The van der Waals surface area contributed by atoms with E-state index in [1.807, 2.05) is 140 Å². The van der Waals surface area contributed by atoms with E-state index in [0.29, 0.717) is 74.5 Å². The molecule has 692 valence electrons. The van der Waals surface area contributed by atoms with Gasteiger partial charge >= 0.3 is 6.18 Å². The lowest BCUT2D eigenvalue weighted by Gasteiger charge is -1.99. The second-order valence-electron chi connectivity index (χ2n) is 26.6. The summed E-state index contributed by atoms with van der Waals surface area (Å²) in [6.07, 6.45) is 4.40. The fourth-order valence-electron chi connectivity index (χ4n) is 9.34. The molecular weight excluding hydrogens is 1950 g/mol. The Bertz CT molecular complexity index is 6170. The number of aryl methyl sites for hydroxylation is 8. The number of halogens is 8. The molecule has 7 heterocycles. The van der Waals surface area contributed by atoms with Crippen molar-refractivity contribution in [1.82, 2.24) is 70.5 Å².